The summed E-state index contributed by atoms with van der Waals surface area (Å²) in [6.45, 7) is 3.81. The molecule has 0 radical (unpaired) electrons. The maximum Gasteiger partial charge on any atom is 0.320 e. The first-order chi connectivity index (χ1) is 8.08. The maximum absolute atomic E-state index is 10.9. The summed E-state index contributed by atoms with van der Waals surface area (Å²) >= 11 is 0. The van der Waals surface area contributed by atoms with Crippen molar-refractivity contribution in [2.75, 3.05) is 7.11 Å². The van der Waals surface area contributed by atoms with Gasteiger partial charge < -0.3 is 9.84 Å². The van der Waals surface area contributed by atoms with Crippen molar-refractivity contribution in [3.63, 3.8) is 0 Å². The van der Waals surface area contributed by atoms with Gasteiger partial charge in [0, 0.05) is 6.04 Å². The molecule has 0 aliphatic heterocycles. The minimum absolute atomic E-state index is 0.00181. The number of carbonyl (C=O) groups is 1. The molecule has 0 amide bonds. The lowest BCUT2D eigenvalue weighted by Crippen LogP contribution is -2.37. The van der Waals surface area contributed by atoms with E-state index in [1.807, 2.05) is 38.1 Å². The number of aliphatic carboxylic acids is 1. The fraction of sp³-hybridized carbons (Fsp3) is 0.462. The molecule has 2 N–H and O–H groups in total. The number of ether oxygens (including phenoxy) is 1. The van der Waals surface area contributed by atoms with E-state index in [0.717, 1.165) is 11.3 Å². The normalized spacial score (nSPS) is 14.1. The van der Waals surface area contributed by atoms with Crippen molar-refractivity contribution in [2.24, 2.45) is 0 Å². The van der Waals surface area contributed by atoms with E-state index in [1.165, 1.54) is 0 Å². The van der Waals surface area contributed by atoms with E-state index in [2.05, 4.69) is 5.32 Å². The quantitative estimate of drug-likeness (QED) is 0.796. The van der Waals surface area contributed by atoms with Crippen LogP contribution in [0.5, 0.6) is 5.75 Å². The molecule has 0 saturated heterocycles. The standard InChI is InChI=1S/C13H19NO3/c1-4-12(13(15)16)14-9(2)10-5-7-11(17-3)8-6-10/h5-9,12,14H,4H2,1-3H3,(H,15,16)/t9-,12?/m1/s1. The first kappa shape index (κ1) is 13.5. The Morgan fingerprint density at radius 3 is 2.41 bits per heavy atom. The smallest absolute Gasteiger partial charge is 0.320 e. The molecule has 0 aliphatic carbocycles. The number of carboxylic acids is 1. The molecule has 0 bridgehead atoms. The molecule has 1 rings (SSSR count). The molecular formula is C13H19NO3. The van der Waals surface area contributed by atoms with E-state index >= 15 is 0 Å². The van der Waals surface area contributed by atoms with E-state index in [9.17, 15) is 4.79 Å². The summed E-state index contributed by atoms with van der Waals surface area (Å²) in [6.07, 6.45) is 0.565. The number of carboxylic acid groups (broad SMARTS) is 1. The number of hydrogen-bond donors (Lipinski definition) is 2. The summed E-state index contributed by atoms with van der Waals surface area (Å²) in [5.74, 6) is -0.0147. The Kier molecular flexibility index (Phi) is 4.97. The molecule has 94 valence electrons. The van der Waals surface area contributed by atoms with Crippen LogP contribution in [0.2, 0.25) is 0 Å². The van der Waals surface area contributed by atoms with Crippen LogP contribution in [0.3, 0.4) is 0 Å². The van der Waals surface area contributed by atoms with E-state index < -0.39 is 12.0 Å². The topological polar surface area (TPSA) is 58.6 Å². The lowest BCUT2D eigenvalue weighted by molar-refractivity contribution is -0.139. The van der Waals surface area contributed by atoms with Gasteiger partial charge in [0.25, 0.3) is 0 Å². The van der Waals surface area contributed by atoms with Gasteiger partial charge in [-0.25, -0.2) is 0 Å². The predicted octanol–water partition coefficient (Wildman–Crippen LogP) is 2.21. The Bertz CT molecular complexity index is 361. The van der Waals surface area contributed by atoms with Crippen molar-refractivity contribution in [1.29, 1.82) is 0 Å². The summed E-state index contributed by atoms with van der Waals surface area (Å²) < 4.78 is 5.07. The van der Waals surface area contributed by atoms with Crippen molar-refractivity contribution in [3.8, 4) is 5.75 Å². The van der Waals surface area contributed by atoms with Crippen LogP contribution in [0.25, 0.3) is 0 Å². The average molecular weight is 237 g/mol. The Labute approximate surface area is 102 Å². The maximum atomic E-state index is 10.9. The van der Waals surface area contributed by atoms with Crippen molar-refractivity contribution in [1.82, 2.24) is 5.32 Å². The van der Waals surface area contributed by atoms with Gasteiger partial charge in [-0.3, -0.25) is 10.1 Å². The summed E-state index contributed by atoms with van der Waals surface area (Å²) in [6, 6.07) is 7.11. The lowest BCUT2D eigenvalue weighted by atomic mass is 10.1. The van der Waals surface area contributed by atoms with Crippen LogP contribution in [0.4, 0.5) is 0 Å². The molecule has 17 heavy (non-hydrogen) atoms. The molecule has 0 heterocycles. The molecule has 0 spiro atoms. The molecule has 1 aromatic carbocycles. The first-order valence-electron chi connectivity index (χ1n) is 5.71. The number of nitrogens with one attached hydrogen (secondary N) is 1. The molecule has 1 unspecified atom stereocenters. The third-order valence-electron chi connectivity index (χ3n) is 2.77. The highest BCUT2D eigenvalue weighted by molar-refractivity contribution is 5.73. The van der Waals surface area contributed by atoms with Crippen LogP contribution in [-0.4, -0.2) is 24.2 Å². The van der Waals surface area contributed by atoms with Gasteiger partial charge in [-0.2, -0.15) is 0 Å². The zero-order chi connectivity index (χ0) is 12.8. The van der Waals surface area contributed by atoms with Crippen LogP contribution in [0.15, 0.2) is 24.3 Å². The van der Waals surface area contributed by atoms with Crippen LogP contribution >= 0.6 is 0 Å². The molecular weight excluding hydrogens is 218 g/mol. The second-order valence-electron chi connectivity index (χ2n) is 3.96. The minimum atomic E-state index is -0.812. The number of rotatable bonds is 6. The molecule has 4 heteroatoms. The molecule has 0 saturated carbocycles. The van der Waals surface area contributed by atoms with Crippen molar-refractivity contribution in [2.45, 2.75) is 32.4 Å². The van der Waals surface area contributed by atoms with Crippen LogP contribution in [0.1, 0.15) is 31.9 Å². The number of methoxy groups -OCH3 is 1. The zero-order valence-corrected chi connectivity index (χ0v) is 10.4. The molecule has 4 nitrogen and oxygen atoms in total. The van der Waals surface area contributed by atoms with Crippen molar-refractivity contribution >= 4 is 5.97 Å². The van der Waals surface area contributed by atoms with Crippen LogP contribution in [0, 0.1) is 0 Å². The predicted molar refractivity (Wildman–Crippen MR) is 66.3 cm³/mol. The van der Waals surface area contributed by atoms with E-state index in [0.29, 0.717) is 6.42 Å². The molecule has 0 aromatic heterocycles. The lowest BCUT2D eigenvalue weighted by Gasteiger charge is -2.19. The highest BCUT2D eigenvalue weighted by Gasteiger charge is 2.17. The molecule has 1 aromatic rings. The van der Waals surface area contributed by atoms with Gasteiger partial charge >= 0.3 is 5.97 Å². The van der Waals surface area contributed by atoms with Gasteiger partial charge in [0.1, 0.15) is 11.8 Å². The SMILES string of the molecule is CCC(N[C@H](C)c1ccc(OC)cc1)C(=O)O. The van der Waals surface area contributed by atoms with E-state index in [4.69, 9.17) is 9.84 Å². The van der Waals surface area contributed by atoms with Gasteiger partial charge in [-0.1, -0.05) is 19.1 Å². The summed E-state index contributed by atoms with van der Waals surface area (Å²) in [5.41, 5.74) is 1.05. The summed E-state index contributed by atoms with van der Waals surface area (Å²) in [5, 5.41) is 12.0. The highest BCUT2D eigenvalue weighted by atomic mass is 16.5. The van der Waals surface area contributed by atoms with Crippen molar-refractivity contribution in [3.05, 3.63) is 29.8 Å². The summed E-state index contributed by atoms with van der Waals surface area (Å²) in [4.78, 5) is 10.9. The first-order valence-corrected chi connectivity index (χ1v) is 5.71. The van der Waals surface area contributed by atoms with Gasteiger partial charge in [-0.05, 0) is 31.0 Å². The fourth-order valence-electron chi connectivity index (χ4n) is 1.65. The van der Waals surface area contributed by atoms with Gasteiger partial charge in [0.15, 0.2) is 0 Å². The van der Waals surface area contributed by atoms with E-state index in [-0.39, 0.29) is 6.04 Å². The van der Waals surface area contributed by atoms with Crippen LogP contribution in [-0.2, 0) is 4.79 Å². The average Bonchev–Trinajstić information content (AvgIpc) is 2.35. The Morgan fingerprint density at radius 1 is 1.41 bits per heavy atom. The molecule has 0 aliphatic rings. The van der Waals surface area contributed by atoms with E-state index in [1.54, 1.807) is 7.11 Å². The fourth-order valence-corrected chi connectivity index (χ4v) is 1.65. The van der Waals surface area contributed by atoms with Gasteiger partial charge in [0.2, 0.25) is 0 Å². The van der Waals surface area contributed by atoms with Crippen molar-refractivity contribution < 1.29 is 14.6 Å². The third-order valence-corrected chi connectivity index (χ3v) is 2.77. The number of benzene rings is 1. The van der Waals surface area contributed by atoms with Gasteiger partial charge in [0.05, 0.1) is 7.11 Å². The highest BCUT2D eigenvalue weighted by Crippen LogP contribution is 2.18. The number of hydrogen-bond acceptors (Lipinski definition) is 3. The molecule has 2 atom stereocenters. The second-order valence-corrected chi connectivity index (χ2v) is 3.96. The second kappa shape index (κ2) is 6.25. The van der Waals surface area contributed by atoms with Crippen LogP contribution < -0.4 is 10.1 Å². The zero-order valence-electron chi connectivity index (χ0n) is 10.4. The Balaban J connectivity index is 2.68. The third kappa shape index (κ3) is 3.75. The Morgan fingerprint density at radius 2 is 2.00 bits per heavy atom. The van der Waals surface area contributed by atoms with Gasteiger partial charge in [-0.15, -0.1) is 0 Å². The largest absolute Gasteiger partial charge is 0.497 e. The summed E-state index contributed by atoms with van der Waals surface area (Å²) in [7, 11) is 1.62. The monoisotopic (exact) mass is 237 g/mol. The Hall–Kier alpha value is -1.55. The molecule has 0 fully saturated rings. The minimum Gasteiger partial charge on any atom is -0.497 e.